The van der Waals surface area contributed by atoms with E-state index in [-0.39, 0.29) is 28.4 Å². The van der Waals surface area contributed by atoms with Crippen LogP contribution in [-0.4, -0.2) is 6.71 Å². The molecule has 0 spiro atoms. The summed E-state index contributed by atoms with van der Waals surface area (Å²) in [5.41, 5.74) is 23.7. The highest BCUT2D eigenvalue weighted by atomic mass is 16.3. The minimum atomic E-state index is 0.0165. The predicted molar refractivity (Wildman–Crippen MR) is 248 cm³/mol. The summed E-state index contributed by atoms with van der Waals surface area (Å²) in [5, 5.41) is 2.32. The Kier molecular flexibility index (Phi) is 7.12. The molecular formula is C54H55BN2O. The van der Waals surface area contributed by atoms with Gasteiger partial charge in [0.15, 0.2) is 0 Å². The number of benzene rings is 6. The number of hydrogen-bond donors (Lipinski definition) is 0. The van der Waals surface area contributed by atoms with Gasteiger partial charge < -0.3 is 14.2 Å². The summed E-state index contributed by atoms with van der Waals surface area (Å²) in [7, 11) is 0. The third-order valence-electron chi connectivity index (χ3n) is 15.0. The van der Waals surface area contributed by atoms with Crippen molar-refractivity contribution in [3.8, 4) is 0 Å². The molecule has 0 N–H and O–H groups in total. The zero-order chi connectivity index (χ0) is 40.4. The first-order valence-electron chi connectivity index (χ1n) is 21.6. The second-order valence-electron chi connectivity index (χ2n) is 21.0. The first-order valence-corrected chi connectivity index (χ1v) is 21.6. The Labute approximate surface area is 345 Å². The molecule has 0 bridgehead atoms. The molecular weight excluding hydrogens is 703 g/mol. The maximum atomic E-state index is 6.72. The lowest BCUT2D eigenvalue weighted by atomic mass is 9.33. The monoisotopic (exact) mass is 758 g/mol. The summed E-state index contributed by atoms with van der Waals surface area (Å²) in [6.45, 7) is 26.6. The standard InChI is InChI=1S/C54H55BN2O/c1-31-22-46-50-47(23-31)57(43-27-38-36(24-33(43)3)51(4,5)20-21-52(38,6)7)45-28-39-37(53(8,9)30-54(39,10)11)26-40(45)55(50)41-29-49-35(34-17-13-15-19-48(34)58-49)25-44(41)56(46)42-18-14-12-16-32(42)2/h12-19,22-29H,20-21,30H2,1-11H3. The van der Waals surface area contributed by atoms with Gasteiger partial charge in [0.05, 0.1) is 0 Å². The van der Waals surface area contributed by atoms with Crippen molar-refractivity contribution >= 4 is 79.2 Å². The van der Waals surface area contributed by atoms with Crippen LogP contribution in [0, 0.1) is 20.8 Å². The summed E-state index contributed by atoms with van der Waals surface area (Å²) < 4.78 is 6.72. The first kappa shape index (κ1) is 35.9. The quantitative estimate of drug-likeness (QED) is 0.164. The minimum absolute atomic E-state index is 0.0165. The van der Waals surface area contributed by atoms with Crippen molar-refractivity contribution in [1.82, 2.24) is 0 Å². The number of furan rings is 1. The fourth-order valence-electron chi connectivity index (χ4n) is 12.1. The number of fused-ring (bicyclic) bond motifs is 9. The van der Waals surface area contributed by atoms with Crippen LogP contribution >= 0.6 is 0 Å². The van der Waals surface area contributed by atoms with Gasteiger partial charge in [0.2, 0.25) is 0 Å². The molecule has 0 atom stereocenters. The number of nitrogens with zero attached hydrogens (tertiary/aromatic N) is 2. The van der Waals surface area contributed by atoms with Gasteiger partial charge in [-0.25, -0.2) is 0 Å². The molecule has 0 amide bonds. The van der Waals surface area contributed by atoms with Crippen LogP contribution in [0.2, 0.25) is 0 Å². The summed E-state index contributed by atoms with van der Waals surface area (Å²) >= 11 is 0. The third-order valence-corrected chi connectivity index (χ3v) is 15.0. The van der Waals surface area contributed by atoms with Crippen LogP contribution in [0.5, 0.6) is 0 Å². The van der Waals surface area contributed by atoms with Crippen molar-refractivity contribution in [1.29, 1.82) is 0 Å². The second-order valence-corrected chi connectivity index (χ2v) is 21.0. The lowest BCUT2D eigenvalue weighted by molar-refractivity contribution is 0.332. The molecule has 58 heavy (non-hydrogen) atoms. The minimum Gasteiger partial charge on any atom is -0.456 e. The number of hydrogen-bond acceptors (Lipinski definition) is 3. The maximum Gasteiger partial charge on any atom is 0.252 e. The third kappa shape index (κ3) is 4.81. The lowest BCUT2D eigenvalue weighted by Crippen LogP contribution is -2.61. The van der Waals surface area contributed by atoms with Crippen molar-refractivity contribution < 1.29 is 4.42 Å². The highest BCUT2D eigenvalue weighted by Crippen LogP contribution is 2.55. The van der Waals surface area contributed by atoms with E-state index in [2.05, 4.69) is 183 Å². The fraction of sp³-hybridized carbons (Fsp3) is 0.333. The molecule has 290 valence electrons. The first-order chi connectivity index (χ1) is 27.4. The Morgan fingerprint density at radius 3 is 1.72 bits per heavy atom. The normalized spacial score (nSPS) is 18.8. The van der Waals surface area contributed by atoms with Gasteiger partial charge in [0.25, 0.3) is 6.71 Å². The zero-order valence-corrected chi connectivity index (χ0v) is 36.2. The van der Waals surface area contributed by atoms with E-state index in [1.54, 1.807) is 0 Å². The SMILES string of the molecule is Cc1cc2c3c(c1)N(c1ccccc1C)c1cc4c(cc1B3c1cc3c(cc1N2c1cc2c(cc1C)C(C)(C)CCC2(C)C)C(C)(C)CC3(C)C)oc1ccccc14. The smallest absolute Gasteiger partial charge is 0.252 e. The Hall–Kier alpha value is -5.22. The van der Waals surface area contributed by atoms with Gasteiger partial charge in [-0.1, -0.05) is 104 Å². The summed E-state index contributed by atoms with van der Waals surface area (Å²) in [6.07, 6.45) is 3.51. The van der Waals surface area contributed by atoms with E-state index in [0.29, 0.717) is 0 Å². The molecule has 0 fully saturated rings. The number of para-hydroxylation sites is 2. The van der Waals surface area contributed by atoms with Gasteiger partial charge in [0, 0.05) is 44.9 Å². The van der Waals surface area contributed by atoms with Crippen LogP contribution in [0.3, 0.4) is 0 Å². The Balaban J connectivity index is 1.29. The average molecular weight is 759 g/mol. The Morgan fingerprint density at radius 1 is 0.466 bits per heavy atom. The molecule has 2 aliphatic carbocycles. The van der Waals surface area contributed by atoms with Crippen molar-refractivity contribution in [3.05, 3.63) is 136 Å². The number of aryl methyl sites for hydroxylation is 3. The second kappa shape index (κ2) is 11.5. The molecule has 3 nitrogen and oxygen atoms in total. The van der Waals surface area contributed by atoms with Crippen LogP contribution < -0.4 is 26.2 Å². The largest absolute Gasteiger partial charge is 0.456 e. The van der Waals surface area contributed by atoms with Crippen molar-refractivity contribution in [2.75, 3.05) is 9.80 Å². The molecule has 0 saturated heterocycles. The molecule has 7 aromatic rings. The summed E-state index contributed by atoms with van der Waals surface area (Å²) in [4.78, 5) is 5.26. The fourth-order valence-corrected chi connectivity index (χ4v) is 12.1. The molecule has 6 aromatic carbocycles. The van der Waals surface area contributed by atoms with E-state index >= 15 is 0 Å². The van der Waals surface area contributed by atoms with Gasteiger partial charge in [-0.3, -0.25) is 0 Å². The van der Waals surface area contributed by atoms with Crippen molar-refractivity contribution in [2.24, 2.45) is 0 Å². The van der Waals surface area contributed by atoms with Crippen LogP contribution in [0.1, 0.15) is 114 Å². The average Bonchev–Trinajstić information content (AvgIpc) is 3.61. The molecule has 0 unspecified atom stereocenters. The highest BCUT2D eigenvalue weighted by Gasteiger charge is 2.49. The topological polar surface area (TPSA) is 19.6 Å². The van der Waals surface area contributed by atoms with Crippen molar-refractivity contribution in [2.45, 2.75) is 117 Å². The van der Waals surface area contributed by atoms with Gasteiger partial charge >= 0.3 is 0 Å². The highest BCUT2D eigenvalue weighted by molar-refractivity contribution is 7.00. The molecule has 4 heteroatoms. The van der Waals surface area contributed by atoms with Crippen LogP contribution in [-0.2, 0) is 21.7 Å². The number of anilines is 6. The van der Waals surface area contributed by atoms with Crippen LogP contribution in [0.4, 0.5) is 34.1 Å². The molecule has 0 radical (unpaired) electrons. The van der Waals surface area contributed by atoms with Gasteiger partial charge in [-0.05, 0) is 166 Å². The van der Waals surface area contributed by atoms with Crippen LogP contribution in [0.25, 0.3) is 21.9 Å². The number of rotatable bonds is 2. The Bertz CT molecular complexity index is 2940. The molecule has 0 saturated carbocycles. The summed E-state index contributed by atoms with van der Waals surface area (Å²) in [5.74, 6) is 0. The molecule has 2 aliphatic heterocycles. The van der Waals surface area contributed by atoms with E-state index in [0.717, 1.165) is 28.4 Å². The van der Waals surface area contributed by atoms with E-state index in [4.69, 9.17) is 4.42 Å². The lowest BCUT2D eigenvalue weighted by Gasteiger charge is -2.46. The van der Waals surface area contributed by atoms with Gasteiger partial charge in [-0.2, -0.15) is 0 Å². The van der Waals surface area contributed by atoms with E-state index in [1.807, 2.05) is 0 Å². The zero-order valence-electron chi connectivity index (χ0n) is 36.2. The van der Waals surface area contributed by atoms with E-state index in [1.165, 1.54) is 102 Å². The summed E-state index contributed by atoms with van der Waals surface area (Å²) in [6, 6.07) is 37.6. The Morgan fingerprint density at radius 2 is 1.02 bits per heavy atom. The van der Waals surface area contributed by atoms with Crippen molar-refractivity contribution in [3.63, 3.8) is 0 Å². The maximum absolute atomic E-state index is 6.72. The van der Waals surface area contributed by atoms with Crippen LogP contribution in [0.15, 0.2) is 101 Å². The molecule has 4 aliphatic rings. The van der Waals surface area contributed by atoms with E-state index < -0.39 is 0 Å². The molecule has 1 aromatic heterocycles. The van der Waals surface area contributed by atoms with E-state index in [9.17, 15) is 0 Å². The predicted octanol–water partition coefficient (Wildman–Crippen LogP) is 12.9. The molecule has 11 rings (SSSR count). The van der Waals surface area contributed by atoms with Gasteiger partial charge in [-0.15, -0.1) is 0 Å². The molecule has 3 heterocycles. The van der Waals surface area contributed by atoms with Gasteiger partial charge in [0.1, 0.15) is 11.2 Å².